The Morgan fingerprint density at radius 1 is 1.44 bits per heavy atom. The number of nitrogen functional groups attached to an aromatic ring is 1. The average molecular weight is 217 g/mol. The van der Waals surface area contributed by atoms with Crippen molar-refractivity contribution >= 4 is 5.69 Å². The second-order valence-corrected chi connectivity index (χ2v) is 3.65. The van der Waals surface area contributed by atoms with Crippen LogP contribution < -0.4 is 10.5 Å². The Balaban J connectivity index is 2.25. The first-order valence-electron chi connectivity index (χ1n) is 5.24. The monoisotopic (exact) mass is 217 g/mol. The molecule has 1 aromatic heterocycles. The Morgan fingerprint density at radius 2 is 2.25 bits per heavy atom. The molecule has 0 radical (unpaired) electrons. The van der Waals surface area contributed by atoms with Gasteiger partial charge in [-0.2, -0.15) is 0 Å². The second kappa shape index (κ2) is 4.26. The summed E-state index contributed by atoms with van der Waals surface area (Å²) in [4.78, 5) is 4.08. The van der Waals surface area contributed by atoms with Gasteiger partial charge in [0.1, 0.15) is 0 Å². The average Bonchev–Trinajstić information content (AvgIpc) is 2.67. The van der Waals surface area contributed by atoms with Crippen LogP contribution in [0.4, 0.5) is 5.69 Å². The normalized spacial score (nSPS) is 10.4. The lowest BCUT2D eigenvalue weighted by atomic mass is 10.1. The van der Waals surface area contributed by atoms with Crippen molar-refractivity contribution in [2.45, 2.75) is 13.3 Å². The Bertz CT molecular complexity index is 491. The molecule has 84 valence electrons. The molecule has 1 heterocycles. The van der Waals surface area contributed by atoms with Crippen molar-refractivity contribution in [3.05, 3.63) is 36.2 Å². The Morgan fingerprint density at radius 3 is 2.81 bits per heavy atom. The largest absolute Gasteiger partial charge is 0.423 e. The van der Waals surface area contributed by atoms with E-state index in [4.69, 9.17) is 10.5 Å². The number of benzene rings is 1. The second-order valence-electron chi connectivity index (χ2n) is 3.65. The van der Waals surface area contributed by atoms with E-state index < -0.39 is 0 Å². The molecule has 1 aromatic carbocycles. The van der Waals surface area contributed by atoms with E-state index in [0.29, 0.717) is 17.4 Å². The van der Waals surface area contributed by atoms with Crippen LogP contribution in [0.3, 0.4) is 0 Å². The minimum absolute atomic E-state index is 0.538. The fourth-order valence-corrected chi connectivity index (χ4v) is 1.46. The third kappa shape index (κ3) is 2.00. The molecule has 2 aromatic rings. The SMILES string of the molecule is CCc1ccc(Oc2nccn2C)c(N)c1. The van der Waals surface area contributed by atoms with Gasteiger partial charge in [0.05, 0.1) is 5.69 Å². The van der Waals surface area contributed by atoms with Gasteiger partial charge in [0.25, 0.3) is 0 Å². The first kappa shape index (κ1) is 10.5. The molecule has 0 aliphatic carbocycles. The predicted octanol–water partition coefficient (Wildman–Crippen LogP) is 2.36. The molecule has 4 heteroatoms. The van der Waals surface area contributed by atoms with E-state index >= 15 is 0 Å². The minimum atomic E-state index is 0.538. The first-order chi connectivity index (χ1) is 7.70. The van der Waals surface area contributed by atoms with Crippen LogP contribution >= 0.6 is 0 Å². The van der Waals surface area contributed by atoms with Gasteiger partial charge in [0.2, 0.25) is 0 Å². The van der Waals surface area contributed by atoms with E-state index in [1.807, 2.05) is 31.4 Å². The standard InChI is InChI=1S/C12H15N3O/c1-3-9-4-5-11(10(13)8-9)16-12-14-6-7-15(12)2/h4-8H,3,13H2,1-2H3. The maximum atomic E-state index is 5.90. The first-order valence-corrected chi connectivity index (χ1v) is 5.24. The van der Waals surface area contributed by atoms with Gasteiger partial charge in [-0.3, -0.25) is 0 Å². The van der Waals surface area contributed by atoms with Gasteiger partial charge in [-0.15, -0.1) is 0 Å². The van der Waals surface area contributed by atoms with Crippen molar-refractivity contribution in [3.63, 3.8) is 0 Å². The van der Waals surface area contributed by atoms with Gasteiger partial charge in [0, 0.05) is 19.4 Å². The number of rotatable bonds is 3. The van der Waals surface area contributed by atoms with E-state index in [9.17, 15) is 0 Å². The van der Waals surface area contributed by atoms with E-state index in [1.165, 1.54) is 5.56 Å². The van der Waals surface area contributed by atoms with E-state index in [0.717, 1.165) is 6.42 Å². The highest BCUT2D eigenvalue weighted by molar-refractivity contribution is 5.55. The minimum Gasteiger partial charge on any atom is -0.423 e. The number of hydrogen-bond donors (Lipinski definition) is 1. The molecular weight excluding hydrogens is 202 g/mol. The summed E-state index contributed by atoms with van der Waals surface area (Å²) in [6.07, 6.45) is 4.48. The molecule has 0 atom stereocenters. The van der Waals surface area contributed by atoms with Crippen molar-refractivity contribution in [3.8, 4) is 11.8 Å². The number of aromatic nitrogens is 2. The summed E-state index contributed by atoms with van der Waals surface area (Å²) in [7, 11) is 1.87. The highest BCUT2D eigenvalue weighted by Gasteiger charge is 2.06. The molecule has 0 aliphatic rings. The molecule has 0 saturated heterocycles. The van der Waals surface area contributed by atoms with E-state index in [1.54, 1.807) is 10.8 Å². The molecule has 0 bridgehead atoms. The Labute approximate surface area is 94.7 Å². The summed E-state index contributed by atoms with van der Waals surface area (Å²) in [5, 5.41) is 0. The van der Waals surface area contributed by atoms with E-state index in [2.05, 4.69) is 11.9 Å². The molecule has 16 heavy (non-hydrogen) atoms. The number of aryl methyl sites for hydroxylation is 2. The van der Waals surface area contributed by atoms with Crippen LogP contribution in [0.1, 0.15) is 12.5 Å². The lowest BCUT2D eigenvalue weighted by Crippen LogP contribution is -1.97. The summed E-state index contributed by atoms with van der Waals surface area (Å²) >= 11 is 0. The van der Waals surface area contributed by atoms with Crippen molar-refractivity contribution in [2.24, 2.45) is 7.05 Å². The maximum absolute atomic E-state index is 5.90. The quantitative estimate of drug-likeness (QED) is 0.803. The number of nitrogens with two attached hydrogens (primary N) is 1. The fourth-order valence-electron chi connectivity index (χ4n) is 1.46. The third-order valence-corrected chi connectivity index (χ3v) is 2.46. The summed E-state index contributed by atoms with van der Waals surface area (Å²) in [6, 6.07) is 6.35. The Kier molecular flexibility index (Phi) is 2.81. The number of anilines is 1. The molecule has 0 amide bonds. The topological polar surface area (TPSA) is 53.1 Å². The molecule has 4 nitrogen and oxygen atoms in total. The molecule has 0 unspecified atom stereocenters. The van der Waals surface area contributed by atoms with Crippen molar-refractivity contribution in [1.29, 1.82) is 0 Å². The number of hydrogen-bond acceptors (Lipinski definition) is 3. The molecule has 0 spiro atoms. The predicted molar refractivity (Wildman–Crippen MR) is 63.5 cm³/mol. The van der Waals surface area contributed by atoms with Crippen LogP contribution in [0.2, 0.25) is 0 Å². The van der Waals surface area contributed by atoms with Crippen LogP contribution in [0, 0.1) is 0 Å². The van der Waals surface area contributed by atoms with Gasteiger partial charge >= 0.3 is 6.01 Å². The summed E-state index contributed by atoms with van der Waals surface area (Å²) in [5.74, 6) is 0.645. The molecule has 2 N–H and O–H groups in total. The van der Waals surface area contributed by atoms with Gasteiger partial charge < -0.3 is 15.0 Å². The zero-order chi connectivity index (χ0) is 11.5. The summed E-state index contributed by atoms with van der Waals surface area (Å²) in [5.41, 5.74) is 7.74. The summed E-state index contributed by atoms with van der Waals surface area (Å²) < 4.78 is 7.41. The highest BCUT2D eigenvalue weighted by atomic mass is 16.5. The summed E-state index contributed by atoms with van der Waals surface area (Å²) in [6.45, 7) is 2.09. The van der Waals surface area contributed by atoms with Crippen LogP contribution in [0.25, 0.3) is 0 Å². The lowest BCUT2D eigenvalue weighted by molar-refractivity contribution is 0.426. The smallest absolute Gasteiger partial charge is 0.301 e. The maximum Gasteiger partial charge on any atom is 0.301 e. The zero-order valence-corrected chi connectivity index (χ0v) is 9.47. The zero-order valence-electron chi connectivity index (χ0n) is 9.47. The Hall–Kier alpha value is -1.97. The highest BCUT2D eigenvalue weighted by Crippen LogP contribution is 2.27. The molecular formula is C12H15N3O. The fraction of sp³-hybridized carbons (Fsp3) is 0.250. The van der Waals surface area contributed by atoms with Gasteiger partial charge in [-0.25, -0.2) is 4.98 Å². The lowest BCUT2D eigenvalue weighted by Gasteiger charge is -2.08. The van der Waals surface area contributed by atoms with Gasteiger partial charge in [0.15, 0.2) is 5.75 Å². The van der Waals surface area contributed by atoms with Crippen molar-refractivity contribution in [2.75, 3.05) is 5.73 Å². The molecule has 2 rings (SSSR count). The van der Waals surface area contributed by atoms with Gasteiger partial charge in [-0.05, 0) is 24.1 Å². The molecule has 0 saturated carbocycles. The number of imidazole rings is 1. The van der Waals surface area contributed by atoms with Crippen LogP contribution in [0.5, 0.6) is 11.8 Å². The van der Waals surface area contributed by atoms with Crippen molar-refractivity contribution < 1.29 is 4.74 Å². The number of ether oxygens (including phenoxy) is 1. The van der Waals surface area contributed by atoms with Crippen LogP contribution in [-0.4, -0.2) is 9.55 Å². The third-order valence-electron chi connectivity index (χ3n) is 2.46. The molecule has 0 fully saturated rings. The van der Waals surface area contributed by atoms with Crippen LogP contribution in [-0.2, 0) is 13.5 Å². The van der Waals surface area contributed by atoms with Gasteiger partial charge in [-0.1, -0.05) is 13.0 Å². The van der Waals surface area contributed by atoms with E-state index in [-0.39, 0.29) is 0 Å². The molecule has 0 aliphatic heterocycles. The van der Waals surface area contributed by atoms with Crippen molar-refractivity contribution in [1.82, 2.24) is 9.55 Å². The number of nitrogens with zero attached hydrogens (tertiary/aromatic N) is 2. The van der Waals surface area contributed by atoms with Crippen LogP contribution in [0.15, 0.2) is 30.6 Å².